The number of carbonyl (C=O) groups excluding carboxylic acids is 1. The van der Waals surface area contributed by atoms with Gasteiger partial charge in [-0.05, 0) is 37.3 Å². The van der Waals surface area contributed by atoms with Crippen LogP contribution >= 0.6 is 0 Å². The quantitative estimate of drug-likeness (QED) is 0.829. The van der Waals surface area contributed by atoms with Crippen LogP contribution in [0.3, 0.4) is 0 Å². The zero-order valence-electron chi connectivity index (χ0n) is 14.6. The smallest absolute Gasteiger partial charge is 0.319 e. The summed E-state index contributed by atoms with van der Waals surface area (Å²) >= 11 is 0. The van der Waals surface area contributed by atoms with Crippen LogP contribution in [0, 0.1) is 0 Å². The second-order valence-corrected chi connectivity index (χ2v) is 7.95. The molecule has 0 bridgehead atoms. The largest absolute Gasteiger partial charge is 0.370 e. The SMILES string of the molecule is C[C@H](CNC(=O)Nc1cccc(S(C)(=O)=O)c1)N(C)c1ccccc1. The normalized spacial score (nSPS) is 12.3. The number of nitrogens with one attached hydrogen (secondary N) is 2. The van der Waals surface area contributed by atoms with E-state index in [1.807, 2.05) is 44.3 Å². The summed E-state index contributed by atoms with van der Waals surface area (Å²) in [5.74, 6) is 0. The van der Waals surface area contributed by atoms with Gasteiger partial charge in [0.25, 0.3) is 0 Å². The maximum Gasteiger partial charge on any atom is 0.319 e. The molecule has 134 valence electrons. The minimum absolute atomic E-state index is 0.0931. The molecule has 0 saturated carbocycles. The van der Waals surface area contributed by atoms with Crippen molar-refractivity contribution in [1.29, 1.82) is 0 Å². The lowest BCUT2D eigenvalue weighted by atomic mass is 10.2. The molecule has 0 aliphatic heterocycles. The van der Waals surface area contributed by atoms with Crippen LogP contribution < -0.4 is 15.5 Å². The van der Waals surface area contributed by atoms with E-state index >= 15 is 0 Å². The van der Waals surface area contributed by atoms with E-state index < -0.39 is 9.84 Å². The molecule has 7 heteroatoms. The fourth-order valence-electron chi connectivity index (χ4n) is 2.27. The third-order valence-corrected chi connectivity index (χ3v) is 5.01. The Morgan fingerprint density at radius 1 is 1.12 bits per heavy atom. The number of rotatable bonds is 6. The number of urea groups is 1. The average molecular weight is 361 g/mol. The molecule has 0 unspecified atom stereocenters. The molecule has 0 radical (unpaired) electrons. The van der Waals surface area contributed by atoms with Crippen molar-refractivity contribution in [2.75, 3.05) is 30.1 Å². The first-order valence-corrected chi connectivity index (χ1v) is 9.79. The molecular formula is C18H23N3O3S. The predicted octanol–water partition coefficient (Wildman–Crippen LogP) is 2.74. The van der Waals surface area contributed by atoms with E-state index in [1.54, 1.807) is 12.1 Å². The second kappa shape index (κ2) is 8.02. The molecule has 0 saturated heterocycles. The molecule has 0 heterocycles. The van der Waals surface area contributed by atoms with Crippen molar-refractivity contribution < 1.29 is 13.2 Å². The summed E-state index contributed by atoms with van der Waals surface area (Å²) in [6.45, 7) is 2.46. The lowest BCUT2D eigenvalue weighted by Crippen LogP contribution is -2.41. The van der Waals surface area contributed by atoms with Crippen molar-refractivity contribution in [3.05, 3.63) is 54.6 Å². The second-order valence-electron chi connectivity index (χ2n) is 5.93. The summed E-state index contributed by atoms with van der Waals surface area (Å²) in [4.78, 5) is 14.3. The molecular weight excluding hydrogens is 338 g/mol. The molecule has 2 aromatic rings. The first kappa shape index (κ1) is 18.8. The van der Waals surface area contributed by atoms with Gasteiger partial charge in [-0.2, -0.15) is 0 Å². The average Bonchev–Trinajstić information content (AvgIpc) is 2.59. The Morgan fingerprint density at radius 2 is 1.80 bits per heavy atom. The van der Waals surface area contributed by atoms with Crippen LogP contribution in [-0.4, -0.2) is 40.3 Å². The molecule has 0 spiro atoms. The maximum absolute atomic E-state index is 12.0. The predicted molar refractivity (Wildman–Crippen MR) is 101 cm³/mol. The lowest BCUT2D eigenvalue weighted by molar-refractivity contribution is 0.251. The minimum Gasteiger partial charge on any atom is -0.370 e. The molecule has 2 N–H and O–H groups in total. The summed E-state index contributed by atoms with van der Waals surface area (Å²) < 4.78 is 23.1. The van der Waals surface area contributed by atoms with Gasteiger partial charge >= 0.3 is 6.03 Å². The Morgan fingerprint density at radius 3 is 2.44 bits per heavy atom. The number of nitrogens with zero attached hydrogens (tertiary/aromatic N) is 1. The van der Waals surface area contributed by atoms with Gasteiger partial charge in [-0.1, -0.05) is 24.3 Å². The van der Waals surface area contributed by atoms with E-state index in [0.717, 1.165) is 11.9 Å². The third kappa shape index (κ3) is 5.49. The molecule has 6 nitrogen and oxygen atoms in total. The first-order chi connectivity index (χ1) is 11.8. The number of likely N-dealkylation sites (N-methyl/N-ethyl adjacent to an activating group) is 1. The van der Waals surface area contributed by atoms with Crippen molar-refractivity contribution in [2.45, 2.75) is 17.9 Å². The molecule has 0 aliphatic rings. The van der Waals surface area contributed by atoms with Crippen molar-refractivity contribution in [3.63, 3.8) is 0 Å². The molecule has 2 amide bonds. The van der Waals surface area contributed by atoms with Gasteiger partial charge in [0, 0.05) is 37.3 Å². The Hall–Kier alpha value is -2.54. The molecule has 0 aromatic heterocycles. The summed E-state index contributed by atoms with van der Waals surface area (Å²) in [6.07, 6.45) is 1.13. The molecule has 2 aromatic carbocycles. The van der Waals surface area contributed by atoms with Crippen molar-refractivity contribution in [2.24, 2.45) is 0 Å². The summed E-state index contributed by atoms with van der Waals surface area (Å²) in [7, 11) is -1.34. The highest BCUT2D eigenvalue weighted by molar-refractivity contribution is 7.90. The number of para-hydroxylation sites is 1. The van der Waals surface area contributed by atoms with Crippen molar-refractivity contribution >= 4 is 27.2 Å². The highest BCUT2D eigenvalue weighted by Crippen LogP contribution is 2.15. The van der Waals surface area contributed by atoms with E-state index in [4.69, 9.17) is 0 Å². The topological polar surface area (TPSA) is 78.5 Å². The van der Waals surface area contributed by atoms with Gasteiger partial charge < -0.3 is 15.5 Å². The van der Waals surface area contributed by atoms with Crippen molar-refractivity contribution in [1.82, 2.24) is 5.32 Å². The van der Waals surface area contributed by atoms with Gasteiger partial charge in [-0.25, -0.2) is 13.2 Å². The third-order valence-electron chi connectivity index (χ3n) is 3.90. The number of hydrogen-bond donors (Lipinski definition) is 2. The van der Waals surface area contributed by atoms with Gasteiger partial charge in [0.05, 0.1) is 4.90 Å². The van der Waals surface area contributed by atoms with Crippen LogP contribution in [0.1, 0.15) is 6.92 Å². The molecule has 1 atom stereocenters. The number of anilines is 2. The van der Waals surface area contributed by atoms with Crippen LogP contribution in [0.2, 0.25) is 0 Å². The van der Waals surface area contributed by atoms with Gasteiger partial charge in [-0.15, -0.1) is 0 Å². The van der Waals surface area contributed by atoms with E-state index in [2.05, 4.69) is 15.5 Å². The van der Waals surface area contributed by atoms with Gasteiger partial charge in [0.1, 0.15) is 0 Å². The van der Waals surface area contributed by atoms with Crippen LogP contribution in [0.25, 0.3) is 0 Å². The summed E-state index contributed by atoms with van der Waals surface area (Å²) in [6, 6.07) is 15.8. The number of hydrogen-bond acceptors (Lipinski definition) is 4. The fourth-order valence-corrected chi connectivity index (χ4v) is 2.94. The summed E-state index contributed by atoms with van der Waals surface area (Å²) in [5.41, 5.74) is 1.50. The number of sulfone groups is 1. The first-order valence-electron chi connectivity index (χ1n) is 7.90. The van der Waals surface area contributed by atoms with E-state index in [-0.39, 0.29) is 17.0 Å². The minimum atomic E-state index is -3.31. The maximum atomic E-state index is 12.0. The zero-order valence-corrected chi connectivity index (χ0v) is 15.4. The van der Waals surface area contributed by atoms with Crippen LogP contribution in [0.5, 0.6) is 0 Å². The van der Waals surface area contributed by atoms with Crippen LogP contribution in [-0.2, 0) is 9.84 Å². The van der Waals surface area contributed by atoms with E-state index in [9.17, 15) is 13.2 Å². The van der Waals surface area contributed by atoms with Crippen LogP contribution in [0.4, 0.5) is 16.2 Å². The lowest BCUT2D eigenvalue weighted by Gasteiger charge is -2.27. The molecule has 0 fully saturated rings. The van der Waals surface area contributed by atoms with E-state index in [0.29, 0.717) is 12.2 Å². The van der Waals surface area contributed by atoms with Gasteiger partial charge in [0.2, 0.25) is 0 Å². The molecule has 2 rings (SSSR count). The Bertz CT molecular complexity index is 822. The monoisotopic (exact) mass is 361 g/mol. The number of carbonyl (C=O) groups is 1. The zero-order chi connectivity index (χ0) is 18.4. The van der Waals surface area contributed by atoms with E-state index in [1.165, 1.54) is 12.1 Å². The van der Waals surface area contributed by atoms with Gasteiger partial charge in [-0.3, -0.25) is 0 Å². The highest BCUT2D eigenvalue weighted by Gasteiger charge is 2.12. The Balaban J connectivity index is 1.90. The molecule has 0 aliphatic carbocycles. The van der Waals surface area contributed by atoms with Crippen LogP contribution in [0.15, 0.2) is 59.5 Å². The van der Waals surface area contributed by atoms with Gasteiger partial charge in [0.15, 0.2) is 9.84 Å². The molecule has 25 heavy (non-hydrogen) atoms. The highest BCUT2D eigenvalue weighted by atomic mass is 32.2. The fraction of sp³-hybridized carbons (Fsp3) is 0.278. The Kier molecular flexibility index (Phi) is 6.03. The number of benzene rings is 2. The van der Waals surface area contributed by atoms with Crippen molar-refractivity contribution in [3.8, 4) is 0 Å². The number of amides is 2. The standard InChI is InChI=1S/C18H23N3O3S/c1-14(21(2)16-9-5-4-6-10-16)13-19-18(22)20-15-8-7-11-17(12-15)25(3,23)24/h4-12,14H,13H2,1-3H3,(H2,19,20,22)/t14-/m1/s1. The Labute approximate surface area is 148 Å². The summed E-state index contributed by atoms with van der Waals surface area (Å²) in [5, 5.41) is 5.45.